The van der Waals surface area contributed by atoms with Gasteiger partial charge >= 0.3 is 0 Å². The largest absolute Gasteiger partial charge is 0.293 e. The Morgan fingerprint density at radius 3 is 3.00 bits per heavy atom. The van der Waals surface area contributed by atoms with E-state index in [4.69, 9.17) is 0 Å². The van der Waals surface area contributed by atoms with Gasteiger partial charge in [0.2, 0.25) is 0 Å². The fraction of sp³-hybridized carbons (Fsp3) is 0.273. The van der Waals surface area contributed by atoms with Crippen molar-refractivity contribution in [3.8, 4) is 0 Å². The SMILES string of the molecule is Cc1ncsc1C(=O)CCc1ccsc1. The second-order valence-electron chi connectivity index (χ2n) is 3.32. The predicted molar refractivity (Wildman–Crippen MR) is 63.8 cm³/mol. The number of nitrogens with zero attached hydrogens (tertiary/aromatic N) is 1. The highest BCUT2D eigenvalue weighted by Gasteiger charge is 2.11. The zero-order valence-corrected chi connectivity index (χ0v) is 10.0. The van der Waals surface area contributed by atoms with Crippen LogP contribution in [0.25, 0.3) is 0 Å². The van der Waals surface area contributed by atoms with Gasteiger partial charge < -0.3 is 0 Å². The van der Waals surface area contributed by atoms with Crippen molar-refractivity contribution < 1.29 is 4.79 Å². The van der Waals surface area contributed by atoms with Gasteiger partial charge in [-0.2, -0.15) is 11.3 Å². The van der Waals surface area contributed by atoms with Crippen LogP contribution in [0.5, 0.6) is 0 Å². The van der Waals surface area contributed by atoms with Gasteiger partial charge in [0.15, 0.2) is 5.78 Å². The van der Waals surface area contributed by atoms with Gasteiger partial charge in [0.1, 0.15) is 0 Å². The molecule has 0 saturated carbocycles. The third kappa shape index (κ3) is 2.52. The average Bonchev–Trinajstić information content (AvgIpc) is 2.84. The molecule has 0 aromatic carbocycles. The van der Waals surface area contributed by atoms with Crippen LogP contribution in [-0.4, -0.2) is 10.8 Å². The summed E-state index contributed by atoms with van der Waals surface area (Å²) in [5.41, 5.74) is 3.83. The molecule has 0 aliphatic carbocycles. The highest BCUT2D eigenvalue weighted by molar-refractivity contribution is 7.12. The van der Waals surface area contributed by atoms with Crippen LogP contribution in [0.1, 0.15) is 27.3 Å². The quantitative estimate of drug-likeness (QED) is 0.763. The van der Waals surface area contributed by atoms with Crippen LogP contribution in [0.3, 0.4) is 0 Å². The summed E-state index contributed by atoms with van der Waals surface area (Å²) in [6, 6.07) is 2.07. The third-order valence-electron chi connectivity index (χ3n) is 2.22. The first-order chi connectivity index (χ1) is 7.27. The number of hydrogen-bond donors (Lipinski definition) is 0. The Morgan fingerprint density at radius 1 is 1.53 bits per heavy atom. The van der Waals surface area contributed by atoms with Gasteiger partial charge in [0, 0.05) is 6.42 Å². The molecule has 2 heterocycles. The Balaban J connectivity index is 1.96. The average molecular weight is 237 g/mol. The number of carbonyl (C=O) groups excluding carboxylic acids is 1. The molecule has 0 spiro atoms. The van der Waals surface area contributed by atoms with Gasteiger partial charge in [0.25, 0.3) is 0 Å². The molecule has 0 atom stereocenters. The summed E-state index contributed by atoms with van der Waals surface area (Å²) in [7, 11) is 0. The topological polar surface area (TPSA) is 30.0 Å². The van der Waals surface area contributed by atoms with Gasteiger partial charge in [-0.1, -0.05) is 0 Å². The number of aryl methyl sites for hydroxylation is 2. The lowest BCUT2D eigenvalue weighted by Gasteiger charge is -1.97. The van der Waals surface area contributed by atoms with Crippen LogP contribution < -0.4 is 0 Å². The molecule has 15 heavy (non-hydrogen) atoms. The number of thiophene rings is 1. The van der Waals surface area contributed by atoms with E-state index in [-0.39, 0.29) is 5.78 Å². The first-order valence-electron chi connectivity index (χ1n) is 4.71. The van der Waals surface area contributed by atoms with Crippen molar-refractivity contribution in [3.63, 3.8) is 0 Å². The summed E-state index contributed by atoms with van der Waals surface area (Å²) >= 11 is 3.11. The Labute approximate surface area is 96.6 Å². The van der Waals surface area contributed by atoms with Gasteiger partial charge in [-0.25, -0.2) is 4.98 Å². The van der Waals surface area contributed by atoms with Crippen molar-refractivity contribution >= 4 is 28.5 Å². The van der Waals surface area contributed by atoms with E-state index in [0.717, 1.165) is 17.0 Å². The third-order valence-corrected chi connectivity index (χ3v) is 3.92. The summed E-state index contributed by atoms with van der Waals surface area (Å²) in [5, 5.41) is 4.13. The highest BCUT2D eigenvalue weighted by Crippen LogP contribution is 2.16. The Morgan fingerprint density at radius 2 is 2.40 bits per heavy atom. The number of thiazole rings is 1. The Bertz CT molecular complexity index is 445. The summed E-state index contributed by atoms with van der Waals surface area (Å²) in [6.07, 6.45) is 1.42. The molecule has 0 N–H and O–H groups in total. The van der Waals surface area contributed by atoms with E-state index in [1.165, 1.54) is 16.9 Å². The Hall–Kier alpha value is -1.000. The zero-order chi connectivity index (χ0) is 10.7. The molecule has 78 valence electrons. The van der Waals surface area contributed by atoms with Crippen LogP contribution in [-0.2, 0) is 6.42 Å². The van der Waals surface area contributed by atoms with Crippen molar-refractivity contribution in [2.24, 2.45) is 0 Å². The summed E-state index contributed by atoms with van der Waals surface area (Å²) in [6.45, 7) is 1.88. The molecule has 0 aliphatic heterocycles. The summed E-state index contributed by atoms with van der Waals surface area (Å²) < 4.78 is 0. The molecular weight excluding hydrogens is 226 g/mol. The zero-order valence-electron chi connectivity index (χ0n) is 8.40. The smallest absolute Gasteiger partial charge is 0.175 e. The number of Topliss-reactive ketones (excluding diaryl/α,β-unsaturated/α-hetero) is 1. The molecule has 0 saturated heterocycles. The summed E-state index contributed by atoms with van der Waals surface area (Å²) in [5.74, 6) is 0.209. The molecule has 2 rings (SSSR count). The second-order valence-corrected chi connectivity index (χ2v) is 4.96. The van der Waals surface area contributed by atoms with Crippen LogP contribution in [0.2, 0.25) is 0 Å². The minimum Gasteiger partial charge on any atom is -0.293 e. The fourth-order valence-corrected chi connectivity index (χ4v) is 2.85. The maximum Gasteiger partial charge on any atom is 0.175 e. The number of aromatic nitrogens is 1. The standard InChI is InChI=1S/C11H11NOS2/c1-8-11(15-7-12-8)10(13)3-2-9-4-5-14-6-9/h4-7H,2-3H2,1H3. The second kappa shape index (κ2) is 4.68. The first kappa shape index (κ1) is 10.5. The molecule has 0 aliphatic rings. The monoisotopic (exact) mass is 237 g/mol. The lowest BCUT2D eigenvalue weighted by atomic mass is 10.1. The van der Waals surface area contributed by atoms with E-state index in [1.807, 2.05) is 12.3 Å². The molecular formula is C11H11NOS2. The molecule has 2 aromatic rings. The highest BCUT2D eigenvalue weighted by atomic mass is 32.1. The van der Waals surface area contributed by atoms with E-state index < -0.39 is 0 Å². The van der Waals surface area contributed by atoms with Gasteiger partial charge in [0.05, 0.1) is 16.1 Å². The van der Waals surface area contributed by atoms with Crippen molar-refractivity contribution in [1.29, 1.82) is 0 Å². The lowest BCUT2D eigenvalue weighted by Crippen LogP contribution is -2.00. The van der Waals surface area contributed by atoms with Crippen molar-refractivity contribution in [2.75, 3.05) is 0 Å². The molecule has 0 radical (unpaired) electrons. The number of ketones is 1. The van der Waals surface area contributed by atoms with Gasteiger partial charge in [-0.3, -0.25) is 4.79 Å². The fourth-order valence-electron chi connectivity index (χ4n) is 1.38. The normalized spacial score (nSPS) is 10.5. The van der Waals surface area contributed by atoms with Crippen LogP contribution in [0.15, 0.2) is 22.3 Å². The number of rotatable bonds is 4. The first-order valence-corrected chi connectivity index (χ1v) is 6.54. The Kier molecular flexibility index (Phi) is 3.28. The molecule has 0 fully saturated rings. The van der Waals surface area contributed by atoms with E-state index in [0.29, 0.717) is 6.42 Å². The van der Waals surface area contributed by atoms with E-state index in [1.54, 1.807) is 16.8 Å². The predicted octanol–water partition coefficient (Wildman–Crippen LogP) is 3.33. The minimum atomic E-state index is 0.209. The minimum absolute atomic E-state index is 0.209. The number of carbonyl (C=O) groups is 1. The van der Waals surface area contributed by atoms with E-state index in [9.17, 15) is 4.79 Å². The van der Waals surface area contributed by atoms with E-state index in [2.05, 4.69) is 16.4 Å². The molecule has 0 unspecified atom stereocenters. The molecule has 4 heteroatoms. The maximum atomic E-state index is 11.8. The van der Waals surface area contributed by atoms with Crippen LogP contribution in [0, 0.1) is 6.92 Å². The van der Waals surface area contributed by atoms with Gasteiger partial charge in [-0.15, -0.1) is 11.3 Å². The molecule has 2 aromatic heterocycles. The van der Waals surface area contributed by atoms with Crippen LogP contribution >= 0.6 is 22.7 Å². The molecule has 0 bridgehead atoms. The van der Waals surface area contributed by atoms with E-state index >= 15 is 0 Å². The maximum absolute atomic E-state index is 11.8. The van der Waals surface area contributed by atoms with Crippen molar-refractivity contribution in [3.05, 3.63) is 38.5 Å². The molecule has 2 nitrogen and oxygen atoms in total. The van der Waals surface area contributed by atoms with Crippen molar-refractivity contribution in [1.82, 2.24) is 4.98 Å². The van der Waals surface area contributed by atoms with Crippen molar-refractivity contribution in [2.45, 2.75) is 19.8 Å². The van der Waals surface area contributed by atoms with Gasteiger partial charge in [-0.05, 0) is 35.7 Å². The lowest BCUT2D eigenvalue weighted by molar-refractivity contribution is 0.0986. The molecule has 0 amide bonds. The van der Waals surface area contributed by atoms with Crippen LogP contribution in [0.4, 0.5) is 0 Å². The summed E-state index contributed by atoms with van der Waals surface area (Å²) in [4.78, 5) is 16.7. The number of hydrogen-bond acceptors (Lipinski definition) is 4.